The van der Waals surface area contributed by atoms with E-state index < -0.39 is 17.9 Å². The third kappa shape index (κ3) is 5.94. The Hall–Kier alpha value is -1.61. The standard InChI is InChI=1S/C23H34O5/c1-2-3-14-22(16-8-17-22)15-7-12-19-11-6-10-18(19)9-4-5-13-20(24)23(27,28)21(25)26/h4-5,7,12,18-20,24,27-28H,6,8-11,13-17H2,1H3,(H,25,26)/b5-4-,12-7+/t18-,19+,20?/m0/s1. The molecule has 5 nitrogen and oxygen atoms in total. The Morgan fingerprint density at radius 2 is 1.96 bits per heavy atom. The first kappa shape index (κ1) is 22.7. The smallest absolute Gasteiger partial charge is 0.366 e. The zero-order valence-corrected chi connectivity index (χ0v) is 16.8. The molecular weight excluding hydrogens is 356 g/mol. The van der Waals surface area contributed by atoms with Crippen LogP contribution in [0.2, 0.25) is 0 Å². The molecule has 0 aliphatic heterocycles. The lowest BCUT2D eigenvalue weighted by molar-refractivity contribution is -0.235. The van der Waals surface area contributed by atoms with Gasteiger partial charge in [0.25, 0.3) is 5.79 Å². The van der Waals surface area contributed by atoms with E-state index in [4.69, 9.17) is 5.11 Å². The maximum Gasteiger partial charge on any atom is 0.366 e. The molecule has 0 spiro atoms. The van der Waals surface area contributed by atoms with E-state index >= 15 is 0 Å². The molecule has 2 saturated carbocycles. The summed E-state index contributed by atoms with van der Waals surface area (Å²) in [6.07, 6.45) is 16.8. The van der Waals surface area contributed by atoms with E-state index in [0.717, 1.165) is 25.7 Å². The quantitative estimate of drug-likeness (QED) is 0.260. The summed E-state index contributed by atoms with van der Waals surface area (Å²) in [6.45, 7) is 1.90. The van der Waals surface area contributed by atoms with Crippen LogP contribution in [0, 0.1) is 29.1 Å². The van der Waals surface area contributed by atoms with Crippen molar-refractivity contribution < 1.29 is 25.2 Å². The maximum absolute atomic E-state index is 10.7. The van der Waals surface area contributed by atoms with Crippen molar-refractivity contribution in [3.05, 3.63) is 24.3 Å². The lowest BCUT2D eigenvalue weighted by atomic mass is 9.64. The summed E-state index contributed by atoms with van der Waals surface area (Å²) in [4.78, 5) is 10.7. The van der Waals surface area contributed by atoms with Crippen molar-refractivity contribution in [1.82, 2.24) is 0 Å². The molecule has 0 radical (unpaired) electrons. The second-order valence-electron chi connectivity index (χ2n) is 8.43. The van der Waals surface area contributed by atoms with Crippen molar-refractivity contribution in [2.75, 3.05) is 0 Å². The van der Waals surface area contributed by atoms with Gasteiger partial charge in [-0.25, -0.2) is 4.79 Å². The first-order valence-corrected chi connectivity index (χ1v) is 10.4. The number of hydrogen-bond acceptors (Lipinski definition) is 4. The second-order valence-corrected chi connectivity index (χ2v) is 8.43. The Labute approximate surface area is 168 Å². The van der Waals surface area contributed by atoms with Crippen LogP contribution >= 0.6 is 0 Å². The molecule has 0 aromatic heterocycles. The fourth-order valence-electron chi connectivity index (χ4n) is 4.31. The Balaban J connectivity index is 1.79. The number of aliphatic hydroxyl groups is 3. The topological polar surface area (TPSA) is 98.0 Å². The van der Waals surface area contributed by atoms with Gasteiger partial charge in [0.2, 0.25) is 0 Å². The predicted molar refractivity (Wildman–Crippen MR) is 108 cm³/mol. The molecule has 5 heteroatoms. The average molecular weight is 391 g/mol. The number of allylic oxidation sites excluding steroid dienone is 3. The van der Waals surface area contributed by atoms with Crippen LogP contribution in [0.25, 0.3) is 0 Å². The van der Waals surface area contributed by atoms with Crippen molar-refractivity contribution in [1.29, 1.82) is 0 Å². The van der Waals surface area contributed by atoms with Gasteiger partial charge in [0.1, 0.15) is 6.10 Å². The van der Waals surface area contributed by atoms with Crippen LogP contribution in [0.15, 0.2) is 24.3 Å². The highest BCUT2D eigenvalue weighted by Gasteiger charge is 2.41. The van der Waals surface area contributed by atoms with E-state index in [1.807, 2.05) is 13.0 Å². The zero-order chi connectivity index (χ0) is 20.6. The molecule has 156 valence electrons. The predicted octanol–water partition coefficient (Wildman–Crippen LogP) is 3.40. The highest BCUT2D eigenvalue weighted by Crippen LogP contribution is 2.47. The normalized spacial score (nSPS) is 25.4. The molecule has 0 bridgehead atoms. The minimum atomic E-state index is -3.11. The molecule has 3 atom stereocenters. The number of hydrogen-bond donors (Lipinski definition) is 4. The largest absolute Gasteiger partial charge is 0.477 e. The first-order valence-electron chi connectivity index (χ1n) is 10.4. The number of aliphatic carboxylic acids is 1. The van der Waals surface area contributed by atoms with Crippen molar-refractivity contribution in [3.63, 3.8) is 0 Å². The van der Waals surface area contributed by atoms with Gasteiger partial charge in [0.05, 0.1) is 0 Å². The third-order valence-corrected chi connectivity index (χ3v) is 6.45. The number of aliphatic hydroxyl groups excluding tert-OH is 1. The van der Waals surface area contributed by atoms with Crippen LogP contribution in [0.4, 0.5) is 0 Å². The summed E-state index contributed by atoms with van der Waals surface area (Å²) < 4.78 is 0. The van der Waals surface area contributed by atoms with Crippen molar-refractivity contribution in [2.45, 2.75) is 83.0 Å². The number of carbonyl (C=O) groups is 1. The van der Waals surface area contributed by atoms with Gasteiger partial charge in [-0.2, -0.15) is 0 Å². The fraction of sp³-hybridized carbons (Fsp3) is 0.696. The molecule has 4 N–H and O–H groups in total. The number of carboxylic acid groups (broad SMARTS) is 1. The lowest BCUT2D eigenvalue weighted by Gasteiger charge is -2.40. The molecule has 28 heavy (non-hydrogen) atoms. The molecule has 0 saturated heterocycles. The van der Waals surface area contributed by atoms with E-state index in [1.165, 1.54) is 32.1 Å². The van der Waals surface area contributed by atoms with Crippen molar-refractivity contribution in [2.24, 2.45) is 17.3 Å². The van der Waals surface area contributed by atoms with Gasteiger partial charge in [-0.05, 0) is 69.1 Å². The summed E-state index contributed by atoms with van der Waals surface area (Å²) in [5.74, 6) is 2.42. The van der Waals surface area contributed by atoms with Crippen LogP contribution in [0.5, 0.6) is 0 Å². The van der Waals surface area contributed by atoms with Gasteiger partial charge < -0.3 is 20.4 Å². The molecule has 2 rings (SSSR count). The number of rotatable bonds is 10. The molecule has 2 aliphatic carbocycles. The summed E-state index contributed by atoms with van der Waals surface area (Å²) in [6, 6.07) is 0. The lowest BCUT2D eigenvalue weighted by Crippen LogP contribution is -2.49. The van der Waals surface area contributed by atoms with Crippen molar-refractivity contribution >= 4 is 5.97 Å². The summed E-state index contributed by atoms with van der Waals surface area (Å²) in [5, 5.41) is 36.9. The van der Waals surface area contributed by atoms with Crippen LogP contribution in [0.1, 0.15) is 71.1 Å². The molecule has 0 amide bonds. The fourth-order valence-corrected chi connectivity index (χ4v) is 4.31. The number of carboxylic acids is 1. The van der Waals surface area contributed by atoms with Crippen LogP contribution in [-0.2, 0) is 4.79 Å². The molecule has 2 aliphatic rings. The SMILES string of the molecule is CC#CCC1(C/C=C/[C@H]2CCC[C@@H]2C/C=C\CC(O)C(O)(O)C(=O)O)CCC1. The Kier molecular flexibility index (Phi) is 8.30. The highest BCUT2D eigenvalue weighted by atomic mass is 16.6. The summed E-state index contributed by atoms with van der Waals surface area (Å²) >= 11 is 0. The maximum atomic E-state index is 10.7. The molecule has 0 aromatic rings. The van der Waals surface area contributed by atoms with Crippen LogP contribution in [-0.4, -0.2) is 38.3 Å². The van der Waals surface area contributed by atoms with E-state index in [-0.39, 0.29) is 6.42 Å². The Bertz CT molecular complexity index is 633. The second kappa shape index (κ2) is 10.2. The van der Waals surface area contributed by atoms with Gasteiger partial charge in [0, 0.05) is 6.42 Å². The molecular formula is C23H34O5. The van der Waals surface area contributed by atoms with Crippen LogP contribution in [0.3, 0.4) is 0 Å². The van der Waals surface area contributed by atoms with E-state index in [2.05, 4.69) is 24.0 Å². The Morgan fingerprint density at radius 3 is 2.57 bits per heavy atom. The molecule has 0 heterocycles. The monoisotopic (exact) mass is 390 g/mol. The van der Waals surface area contributed by atoms with E-state index in [0.29, 0.717) is 17.3 Å². The van der Waals surface area contributed by atoms with E-state index in [9.17, 15) is 20.1 Å². The van der Waals surface area contributed by atoms with Gasteiger partial charge in [-0.1, -0.05) is 37.1 Å². The summed E-state index contributed by atoms with van der Waals surface area (Å²) in [5.41, 5.74) is 0.398. The summed E-state index contributed by atoms with van der Waals surface area (Å²) in [7, 11) is 0. The first-order chi connectivity index (χ1) is 13.3. The molecule has 1 unspecified atom stereocenters. The van der Waals surface area contributed by atoms with Gasteiger partial charge in [0.15, 0.2) is 0 Å². The van der Waals surface area contributed by atoms with Crippen molar-refractivity contribution in [3.8, 4) is 11.8 Å². The minimum Gasteiger partial charge on any atom is -0.477 e. The third-order valence-electron chi connectivity index (χ3n) is 6.45. The molecule has 2 fully saturated rings. The Morgan fingerprint density at radius 1 is 1.21 bits per heavy atom. The van der Waals surface area contributed by atoms with E-state index in [1.54, 1.807) is 6.08 Å². The van der Waals surface area contributed by atoms with Crippen LogP contribution < -0.4 is 0 Å². The van der Waals surface area contributed by atoms with Gasteiger partial charge in [-0.15, -0.1) is 11.8 Å². The van der Waals surface area contributed by atoms with Gasteiger partial charge in [-0.3, -0.25) is 0 Å². The van der Waals surface area contributed by atoms with Gasteiger partial charge >= 0.3 is 5.97 Å². The average Bonchev–Trinajstić information content (AvgIpc) is 3.07. The zero-order valence-electron chi connectivity index (χ0n) is 16.8. The highest BCUT2D eigenvalue weighted by molar-refractivity contribution is 5.75. The minimum absolute atomic E-state index is 0.104. The molecule has 0 aromatic carbocycles.